The molecule has 1 unspecified atom stereocenters. The van der Waals surface area contributed by atoms with Crippen molar-refractivity contribution < 1.29 is 18.8 Å². The number of benzene rings is 2. The molecule has 0 N–H and O–H groups in total. The number of nitriles is 1. The maximum Gasteiger partial charge on any atom is 0.410 e. The molecular weight excluding hydrogens is 492 g/mol. The van der Waals surface area contributed by atoms with E-state index >= 15 is 0 Å². The van der Waals surface area contributed by atoms with Gasteiger partial charge in [0, 0.05) is 24.1 Å². The molecule has 3 aromatic rings. The molecule has 0 aliphatic heterocycles. The van der Waals surface area contributed by atoms with E-state index in [0.29, 0.717) is 35.1 Å². The topological polar surface area (TPSA) is 101 Å². The molecule has 5 rings (SSSR count). The number of hydrogen-bond donors (Lipinski definition) is 0. The van der Waals surface area contributed by atoms with Gasteiger partial charge in [-0.05, 0) is 77.6 Å². The minimum atomic E-state index is -0.595. The van der Waals surface area contributed by atoms with Crippen LogP contribution >= 0.6 is 0 Å². The molecule has 39 heavy (non-hydrogen) atoms. The number of carbonyl (C=O) groups excluding carboxylic acids is 1. The predicted molar refractivity (Wildman–Crippen MR) is 146 cm³/mol. The molecule has 1 amide bonds. The van der Waals surface area contributed by atoms with Gasteiger partial charge in [-0.15, -0.1) is 0 Å². The molecule has 2 aliphatic carbocycles. The second-order valence-corrected chi connectivity index (χ2v) is 12.0. The Balaban J connectivity index is 1.40. The average molecular weight is 529 g/mol. The third kappa shape index (κ3) is 5.78. The summed E-state index contributed by atoms with van der Waals surface area (Å²) in [5.74, 6) is 1.75. The first-order valence-electron chi connectivity index (χ1n) is 13.7. The Morgan fingerprint density at radius 2 is 1.95 bits per heavy atom. The standard InChI is InChI=1S/C31H36N4O4/c1-20(2)37-26-13-12-22(16-23(26)18-32)27-33-28(34-39-27)31(14-9-15-31)19-35(29(36)38-30(3,4)5)25-17-24(25)21-10-7-6-8-11-21/h6-8,10-13,16,20,24-25H,9,14-15,17,19H2,1-5H3/t24?,25-/m0/s1. The van der Waals surface area contributed by atoms with E-state index in [4.69, 9.17) is 19.0 Å². The summed E-state index contributed by atoms with van der Waals surface area (Å²) in [7, 11) is 0. The first-order chi connectivity index (χ1) is 18.6. The van der Waals surface area contributed by atoms with Gasteiger partial charge in [0.15, 0.2) is 5.82 Å². The highest BCUT2D eigenvalue weighted by Gasteiger charge is 2.52. The van der Waals surface area contributed by atoms with Crippen LogP contribution in [-0.2, 0) is 10.2 Å². The normalized spacial score (nSPS) is 19.6. The fraction of sp³-hybridized carbons (Fsp3) is 0.484. The average Bonchev–Trinajstić information content (AvgIpc) is 3.50. The maximum atomic E-state index is 13.5. The Hall–Kier alpha value is -3.86. The Labute approximate surface area is 229 Å². The predicted octanol–water partition coefficient (Wildman–Crippen LogP) is 6.61. The van der Waals surface area contributed by atoms with Gasteiger partial charge >= 0.3 is 6.09 Å². The molecule has 2 atom stereocenters. The molecule has 2 aromatic carbocycles. The molecule has 0 bridgehead atoms. The molecule has 1 heterocycles. The Morgan fingerprint density at radius 1 is 1.21 bits per heavy atom. The van der Waals surface area contributed by atoms with E-state index in [1.165, 1.54) is 5.56 Å². The van der Waals surface area contributed by atoms with Gasteiger partial charge in [-0.3, -0.25) is 0 Å². The molecule has 0 spiro atoms. The largest absolute Gasteiger partial charge is 0.490 e. The van der Waals surface area contributed by atoms with Crippen molar-refractivity contribution in [2.45, 2.75) is 89.4 Å². The summed E-state index contributed by atoms with van der Waals surface area (Å²) in [6.45, 7) is 9.98. The summed E-state index contributed by atoms with van der Waals surface area (Å²) in [5, 5.41) is 14.0. The number of ether oxygens (including phenoxy) is 2. The number of nitrogens with zero attached hydrogens (tertiary/aromatic N) is 4. The number of hydrogen-bond acceptors (Lipinski definition) is 7. The highest BCUT2D eigenvalue weighted by atomic mass is 16.6. The Morgan fingerprint density at radius 3 is 2.56 bits per heavy atom. The summed E-state index contributed by atoms with van der Waals surface area (Å²) in [5.41, 5.74) is 1.31. The number of carbonyl (C=O) groups is 1. The van der Waals surface area contributed by atoms with E-state index in [-0.39, 0.29) is 24.2 Å². The zero-order valence-corrected chi connectivity index (χ0v) is 23.3. The number of rotatable bonds is 8. The molecule has 8 nitrogen and oxygen atoms in total. The zero-order chi connectivity index (χ0) is 27.8. The van der Waals surface area contributed by atoms with E-state index in [2.05, 4.69) is 23.4 Å². The summed E-state index contributed by atoms with van der Waals surface area (Å²) in [4.78, 5) is 20.1. The smallest absolute Gasteiger partial charge is 0.410 e. The highest BCUT2D eigenvalue weighted by molar-refractivity contribution is 5.70. The summed E-state index contributed by atoms with van der Waals surface area (Å²) in [6.07, 6.45) is 3.30. The molecule has 204 valence electrons. The van der Waals surface area contributed by atoms with Gasteiger partial charge in [0.25, 0.3) is 5.89 Å². The van der Waals surface area contributed by atoms with Crippen molar-refractivity contribution in [2.75, 3.05) is 6.54 Å². The van der Waals surface area contributed by atoms with Crippen LogP contribution in [0.15, 0.2) is 53.1 Å². The monoisotopic (exact) mass is 528 g/mol. The van der Waals surface area contributed by atoms with Crippen molar-refractivity contribution in [1.29, 1.82) is 5.26 Å². The van der Waals surface area contributed by atoms with Gasteiger partial charge in [-0.25, -0.2) is 4.79 Å². The highest BCUT2D eigenvalue weighted by Crippen LogP contribution is 2.49. The van der Waals surface area contributed by atoms with Crippen LogP contribution in [0.4, 0.5) is 4.79 Å². The fourth-order valence-electron chi connectivity index (χ4n) is 5.27. The SMILES string of the molecule is CC(C)Oc1ccc(-c2nc(C3(CN(C(=O)OC(C)(C)C)[C@H]4CC4c4ccccc4)CCC3)no2)cc1C#N. The molecule has 2 aliphatic rings. The lowest BCUT2D eigenvalue weighted by molar-refractivity contribution is 0.0123. The van der Waals surface area contributed by atoms with Crippen LogP contribution in [0.3, 0.4) is 0 Å². The van der Waals surface area contributed by atoms with Gasteiger partial charge in [0.1, 0.15) is 17.4 Å². The van der Waals surface area contributed by atoms with Crippen LogP contribution < -0.4 is 4.74 Å². The summed E-state index contributed by atoms with van der Waals surface area (Å²) in [6, 6.07) is 17.9. The molecule has 2 fully saturated rings. The zero-order valence-electron chi connectivity index (χ0n) is 23.3. The van der Waals surface area contributed by atoms with E-state index < -0.39 is 11.0 Å². The van der Waals surface area contributed by atoms with Crippen molar-refractivity contribution in [1.82, 2.24) is 15.0 Å². The fourth-order valence-corrected chi connectivity index (χ4v) is 5.27. The molecule has 8 heteroatoms. The van der Waals surface area contributed by atoms with Gasteiger partial charge < -0.3 is 18.9 Å². The quantitative estimate of drug-likeness (QED) is 0.324. The van der Waals surface area contributed by atoms with Crippen molar-refractivity contribution in [3.63, 3.8) is 0 Å². The lowest BCUT2D eigenvalue weighted by Gasteiger charge is -2.43. The molecule has 1 aromatic heterocycles. The number of aromatic nitrogens is 2. The van der Waals surface area contributed by atoms with Crippen LogP contribution in [-0.4, -0.2) is 45.4 Å². The van der Waals surface area contributed by atoms with Crippen LogP contribution in [0.5, 0.6) is 5.75 Å². The Bertz CT molecular complexity index is 1370. The lowest BCUT2D eigenvalue weighted by atomic mass is 9.67. The van der Waals surface area contributed by atoms with E-state index in [1.807, 2.05) is 63.8 Å². The lowest BCUT2D eigenvalue weighted by Crippen LogP contribution is -2.50. The minimum absolute atomic E-state index is 0.0442. The molecule has 0 saturated heterocycles. The van der Waals surface area contributed by atoms with Gasteiger partial charge in [0.2, 0.25) is 0 Å². The summed E-state index contributed by atoms with van der Waals surface area (Å²) < 4.78 is 17.3. The van der Waals surface area contributed by atoms with Crippen LogP contribution in [0.25, 0.3) is 11.5 Å². The second kappa shape index (κ2) is 10.4. The third-order valence-electron chi connectivity index (χ3n) is 7.41. The first kappa shape index (κ1) is 26.7. The molecule has 0 radical (unpaired) electrons. The summed E-state index contributed by atoms with van der Waals surface area (Å²) >= 11 is 0. The van der Waals surface area contributed by atoms with Gasteiger partial charge in [-0.1, -0.05) is 41.9 Å². The number of amides is 1. The van der Waals surface area contributed by atoms with Gasteiger partial charge in [-0.2, -0.15) is 10.2 Å². The minimum Gasteiger partial charge on any atom is -0.490 e. The Kier molecular flexibility index (Phi) is 7.11. The first-order valence-corrected chi connectivity index (χ1v) is 13.7. The van der Waals surface area contributed by atoms with Gasteiger partial charge in [0.05, 0.1) is 17.1 Å². The second-order valence-electron chi connectivity index (χ2n) is 12.0. The maximum absolute atomic E-state index is 13.5. The van der Waals surface area contributed by atoms with E-state index in [0.717, 1.165) is 25.7 Å². The third-order valence-corrected chi connectivity index (χ3v) is 7.41. The van der Waals surface area contributed by atoms with Crippen molar-refractivity contribution in [2.24, 2.45) is 0 Å². The molecular formula is C31H36N4O4. The molecule has 2 saturated carbocycles. The van der Waals surface area contributed by atoms with Crippen molar-refractivity contribution in [3.8, 4) is 23.3 Å². The van der Waals surface area contributed by atoms with Crippen LogP contribution in [0, 0.1) is 11.3 Å². The van der Waals surface area contributed by atoms with E-state index in [1.54, 1.807) is 12.1 Å². The van der Waals surface area contributed by atoms with Crippen LogP contribution in [0.1, 0.15) is 83.2 Å². The van der Waals surface area contributed by atoms with Crippen molar-refractivity contribution in [3.05, 3.63) is 65.5 Å². The van der Waals surface area contributed by atoms with Crippen LogP contribution in [0.2, 0.25) is 0 Å². The van der Waals surface area contributed by atoms with Crippen molar-refractivity contribution >= 4 is 6.09 Å². The van der Waals surface area contributed by atoms with E-state index in [9.17, 15) is 10.1 Å².